The van der Waals surface area contributed by atoms with Crippen LogP contribution in [0.15, 0.2) is 12.1 Å². The molecule has 0 radical (unpaired) electrons. The second kappa shape index (κ2) is 9.76. The Kier molecular flexibility index (Phi) is 7.62. The van der Waals surface area contributed by atoms with Crippen LogP contribution in [0.1, 0.15) is 82.3 Å². The number of hydrogen-bond acceptors (Lipinski definition) is 2. The van der Waals surface area contributed by atoms with Gasteiger partial charge in [0.1, 0.15) is 11.5 Å². The van der Waals surface area contributed by atoms with Gasteiger partial charge in [-0.2, -0.15) is 0 Å². The van der Waals surface area contributed by atoms with Gasteiger partial charge in [0, 0.05) is 17.5 Å². The van der Waals surface area contributed by atoms with Gasteiger partial charge in [0.15, 0.2) is 0 Å². The first-order valence-corrected chi connectivity index (χ1v) is 9.29. The molecule has 0 unspecified atom stereocenters. The highest BCUT2D eigenvalue weighted by Gasteiger charge is 2.18. The Hall–Kier alpha value is -1.18. The highest BCUT2D eigenvalue weighted by Crippen LogP contribution is 2.34. The molecule has 22 heavy (non-hydrogen) atoms. The van der Waals surface area contributed by atoms with Crippen molar-refractivity contribution in [1.82, 2.24) is 0 Å². The van der Waals surface area contributed by atoms with E-state index in [2.05, 4.69) is 6.92 Å². The zero-order chi connectivity index (χ0) is 15.6. The van der Waals surface area contributed by atoms with E-state index in [0.717, 1.165) is 30.8 Å². The molecule has 0 saturated heterocycles. The van der Waals surface area contributed by atoms with E-state index in [4.69, 9.17) is 4.74 Å². The van der Waals surface area contributed by atoms with Crippen molar-refractivity contribution in [2.75, 3.05) is 6.61 Å². The number of hydrogen-bond donors (Lipinski definition) is 1. The van der Waals surface area contributed by atoms with Gasteiger partial charge in [0.2, 0.25) is 0 Å². The lowest BCUT2D eigenvalue weighted by Crippen LogP contribution is -1.93. The van der Waals surface area contributed by atoms with Crippen LogP contribution in [0.4, 0.5) is 0 Å². The van der Waals surface area contributed by atoms with Gasteiger partial charge in [-0.15, -0.1) is 0 Å². The molecule has 0 atom stereocenters. The highest BCUT2D eigenvalue weighted by atomic mass is 16.5. The van der Waals surface area contributed by atoms with Crippen molar-refractivity contribution < 1.29 is 9.84 Å². The summed E-state index contributed by atoms with van der Waals surface area (Å²) in [4.78, 5) is 0. The molecule has 1 aromatic carbocycles. The van der Waals surface area contributed by atoms with Gasteiger partial charge in [-0.3, -0.25) is 0 Å². The number of fused-ring (bicyclic) bond motifs is 1. The maximum atomic E-state index is 10.1. The van der Waals surface area contributed by atoms with Crippen molar-refractivity contribution in [3.63, 3.8) is 0 Å². The van der Waals surface area contributed by atoms with Crippen molar-refractivity contribution >= 4 is 0 Å². The Labute approximate surface area is 135 Å². The summed E-state index contributed by atoms with van der Waals surface area (Å²) in [6, 6.07) is 3.69. The van der Waals surface area contributed by atoms with E-state index in [-0.39, 0.29) is 0 Å². The summed E-state index contributed by atoms with van der Waals surface area (Å²) in [5.41, 5.74) is 2.38. The zero-order valence-corrected chi connectivity index (χ0v) is 14.2. The second-order valence-electron chi connectivity index (χ2n) is 6.57. The Morgan fingerprint density at radius 1 is 0.909 bits per heavy atom. The third-order valence-corrected chi connectivity index (χ3v) is 4.75. The summed E-state index contributed by atoms with van der Waals surface area (Å²) in [5.74, 6) is 1.44. The molecule has 0 aromatic heterocycles. The Morgan fingerprint density at radius 3 is 2.23 bits per heavy atom. The number of rotatable bonds is 11. The van der Waals surface area contributed by atoms with E-state index in [0.29, 0.717) is 5.75 Å². The molecule has 0 bridgehead atoms. The zero-order valence-electron chi connectivity index (χ0n) is 14.2. The van der Waals surface area contributed by atoms with Crippen molar-refractivity contribution in [3.8, 4) is 11.5 Å². The lowest BCUT2D eigenvalue weighted by molar-refractivity contribution is 0.356. The fraction of sp³-hybridized carbons (Fsp3) is 0.700. The number of aromatic hydroxyl groups is 1. The molecule has 124 valence electrons. The molecule has 2 rings (SSSR count). The topological polar surface area (TPSA) is 29.5 Å². The lowest BCUT2D eigenvalue weighted by atomic mass is 9.97. The van der Waals surface area contributed by atoms with Gasteiger partial charge in [-0.25, -0.2) is 0 Å². The molecule has 1 aliphatic heterocycles. The summed E-state index contributed by atoms with van der Waals surface area (Å²) in [6.07, 6.45) is 15.5. The van der Waals surface area contributed by atoms with E-state index in [9.17, 15) is 5.11 Å². The van der Waals surface area contributed by atoms with Crippen LogP contribution < -0.4 is 4.74 Å². The number of phenolic OH excluding ortho intramolecular Hbond substituents is 1. The normalized spacial score (nSPS) is 13.1. The Bertz CT molecular complexity index is 440. The molecule has 0 saturated carbocycles. The molecule has 0 fully saturated rings. The smallest absolute Gasteiger partial charge is 0.123 e. The van der Waals surface area contributed by atoms with E-state index >= 15 is 0 Å². The molecule has 1 heterocycles. The maximum absolute atomic E-state index is 10.1. The molecule has 1 aromatic rings. The van der Waals surface area contributed by atoms with Crippen LogP contribution >= 0.6 is 0 Å². The van der Waals surface area contributed by atoms with Gasteiger partial charge in [-0.05, 0) is 25.0 Å². The van der Waals surface area contributed by atoms with Crippen LogP contribution in [0.3, 0.4) is 0 Å². The SMILES string of the molecule is CCCCCCCCCCCCc1c(O)ccc2c1CCO2. The van der Waals surface area contributed by atoms with Crippen LogP contribution in [0.25, 0.3) is 0 Å². The molecule has 1 aliphatic rings. The largest absolute Gasteiger partial charge is 0.508 e. The number of ether oxygens (including phenoxy) is 1. The summed E-state index contributed by atoms with van der Waals surface area (Å²) < 4.78 is 5.58. The minimum atomic E-state index is 0.458. The average Bonchev–Trinajstić information content (AvgIpc) is 2.99. The molecular formula is C20H32O2. The number of phenols is 1. The van der Waals surface area contributed by atoms with Crippen molar-refractivity contribution in [2.24, 2.45) is 0 Å². The lowest BCUT2D eigenvalue weighted by Gasteiger charge is -2.09. The van der Waals surface area contributed by atoms with Crippen molar-refractivity contribution in [1.29, 1.82) is 0 Å². The van der Waals surface area contributed by atoms with Gasteiger partial charge >= 0.3 is 0 Å². The quantitative estimate of drug-likeness (QED) is 0.524. The molecule has 2 nitrogen and oxygen atoms in total. The fourth-order valence-corrected chi connectivity index (χ4v) is 3.40. The van der Waals surface area contributed by atoms with Crippen LogP contribution in [0.5, 0.6) is 11.5 Å². The van der Waals surface area contributed by atoms with Crippen LogP contribution in [0, 0.1) is 0 Å². The van der Waals surface area contributed by atoms with E-state index in [1.807, 2.05) is 6.07 Å². The third kappa shape index (κ3) is 5.23. The molecular weight excluding hydrogens is 272 g/mol. The first-order chi connectivity index (χ1) is 10.8. The van der Waals surface area contributed by atoms with Gasteiger partial charge in [0.25, 0.3) is 0 Å². The van der Waals surface area contributed by atoms with Crippen LogP contribution in [-0.4, -0.2) is 11.7 Å². The standard InChI is InChI=1S/C20H32O2/c1-2-3-4-5-6-7-8-9-10-11-12-17-18-15-16-22-20(18)14-13-19(17)21/h13-14,21H,2-12,15-16H2,1H3. The van der Waals surface area contributed by atoms with Gasteiger partial charge in [0.05, 0.1) is 6.61 Å². The predicted octanol–water partition coefficient (Wildman–Crippen LogP) is 5.79. The monoisotopic (exact) mass is 304 g/mol. The van der Waals surface area contributed by atoms with E-state index in [1.165, 1.54) is 69.8 Å². The Balaban J connectivity index is 1.57. The summed E-state index contributed by atoms with van der Waals surface area (Å²) >= 11 is 0. The highest BCUT2D eigenvalue weighted by molar-refractivity contribution is 5.49. The minimum Gasteiger partial charge on any atom is -0.508 e. The third-order valence-electron chi connectivity index (χ3n) is 4.75. The average molecular weight is 304 g/mol. The molecule has 2 heteroatoms. The predicted molar refractivity (Wildman–Crippen MR) is 92.9 cm³/mol. The fourth-order valence-electron chi connectivity index (χ4n) is 3.40. The van der Waals surface area contributed by atoms with Crippen LogP contribution in [0.2, 0.25) is 0 Å². The first kappa shape index (κ1) is 17.2. The van der Waals surface area contributed by atoms with Crippen molar-refractivity contribution in [2.45, 2.75) is 84.0 Å². The molecule has 0 amide bonds. The summed E-state index contributed by atoms with van der Waals surface area (Å²) in [7, 11) is 0. The minimum absolute atomic E-state index is 0.458. The molecule has 1 N–H and O–H groups in total. The van der Waals surface area contributed by atoms with Crippen molar-refractivity contribution in [3.05, 3.63) is 23.3 Å². The molecule has 0 spiro atoms. The van der Waals surface area contributed by atoms with E-state index in [1.54, 1.807) is 6.07 Å². The number of benzene rings is 1. The number of unbranched alkanes of at least 4 members (excludes halogenated alkanes) is 9. The first-order valence-electron chi connectivity index (χ1n) is 9.29. The second-order valence-corrected chi connectivity index (χ2v) is 6.57. The van der Waals surface area contributed by atoms with Gasteiger partial charge in [-0.1, -0.05) is 64.7 Å². The Morgan fingerprint density at radius 2 is 1.55 bits per heavy atom. The molecule has 0 aliphatic carbocycles. The maximum Gasteiger partial charge on any atom is 0.123 e. The van der Waals surface area contributed by atoms with E-state index < -0.39 is 0 Å². The van der Waals surface area contributed by atoms with Gasteiger partial charge < -0.3 is 9.84 Å². The summed E-state index contributed by atoms with van der Waals surface area (Å²) in [6.45, 7) is 3.04. The summed E-state index contributed by atoms with van der Waals surface area (Å²) in [5, 5.41) is 10.1. The van der Waals surface area contributed by atoms with Crippen LogP contribution in [-0.2, 0) is 12.8 Å².